The molecule has 6 nitrogen and oxygen atoms in total. The van der Waals surface area contributed by atoms with Crippen LogP contribution in [0.1, 0.15) is 61.6 Å². The lowest BCUT2D eigenvalue weighted by molar-refractivity contribution is 0.306. The number of anilines is 1. The minimum Gasteiger partial charge on any atom is -0.408 e. The van der Waals surface area contributed by atoms with E-state index in [1.807, 2.05) is 6.20 Å². The summed E-state index contributed by atoms with van der Waals surface area (Å²) in [6.45, 7) is 1.98. The molecule has 2 aliphatic carbocycles. The summed E-state index contributed by atoms with van der Waals surface area (Å²) in [5, 5.41) is 16.1. The zero-order valence-corrected chi connectivity index (χ0v) is 12.7. The zero-order chi connectivity index (χ0) is 14.6. The fraction of sp³-hybridized carbons (Fsp3) is 0.688. The Bertz CT molecular complexity index is 688. The van der Waals surface area contributed by atoms with Crippen LogP contribution in [-0.2, 0) is 11.8 Å². The first kappa shape index (κ1) is 12.7. The minimum absolute atomic E-state index is 0.204. The lowest BCUT2D eigenvalue weighted by atomic mass is 9.78. The maximum atomic E-state index is 5.98. The monoisotopic (exact) mass is 299 g/mol. The van der Waals surface area contributed by atoms with E-state index in [1.54, 1.807) is 0 Å². The van der Waals surface area contributed by atoms with Gasteiger partial charge < -0.3 is 9.32 Å². The molecule has 6 heteroatoms. The SMILES string of the molecule is c1n[nH]c2c1CCC21CCCN(c2nnc(C3CCC3)o2)C1. The fourth-order valence-corrected chi connectivity index (χ4v) is 4.34. The third kappa shape index (κ3) is 1.76. The van der Waals surface area contributed by atoms with Gasteiger partial charge in [-0.3, -0.25) is 5.10 Å². The molecule has 3 heterocycles. The zero-order valence-electron chi connectivity index (χ0n) is 12.7. The van der Waals surface area contributed by atoms with Crippen LogP contribution >= 0.6 is 0 Å². The van der Waals surface area contributed by atoms with Crippen molar-refractivity contribution >= 4 is 6.01 Å². The maximum Gasteiger partial charge on any atom is 0.318 e. The molecule has 0 bridgehead atoms. The molecule has 2 aromatic rings. The quantitative estimate of drug-likeness (QED) is 0.922. The molecular weight excluding hydrogens is 278 g/mol. The van der Waals surface area contributed by atoms with Crippen LogP contribution in [0, 0.1) is 0 Å². The number of H-pyrrole nitrogens is 1. The third-order valence-corrected chi connectivity index (χ3v) is 5.85. The van der Waals surface area contributed by atoms with Crippen molar-refractivity contribution in [2.45, 2.75) is 56.3 Å². The highest BCUT2D eigenvalue weighted by molar-refractivity contribution is 5.38. The lowest BCUT2D eigenvalue weighted by Crippen LogP contribution is -2.45. The summed E-state index contributed by atoms with van der Waals surface area (Å²) in [6.07, 6.45) is 10.4. The van der Waals surface area contributed by atoms with Gasteiger partial charge in [0.15, 0.2) is 0 Å². The highest BCUT2D eigenvalue weighted by Gasteiger charge is 2.44. The lowest BCUT2D eigenvalue weighted by Gasteiger charge is -2.39. The molecule has 5 rings (SSSR count). The summed E-state index contributed by atoms with van der Waals surface area (Å²) in [5.41, 5.74) is 2.94. The average molecular weight is 299 g/mol. The van der Waals surface area contributed by atoms with E-state index >= 15 is 0 Å². The normalized spacial score (nSPS) is 28.1. The largest absolute Gasteiger partial charge is 0.408 e. The van der Waals surface area contributed by atoms with Gasteiger partial charge in [-0.25, -0.2) is 0 Å². The van der Waals surface area contributed by atoms with Gasteiger partial charge >= 0.3 is 6.01 Å². The summed E-state index contributed by atoms with van der Waals surface area (Å²) >= 11 is 0. The molecule has 0 radical (unpaired) electrons. The number of fused-ring (bicyclic) bond motifs is 2. The second-order valence-electron chi connectivity index (χ2n) is 7.13. The molecule has 2 aromatic heterocycles. The topological polar surface area (TPSA) is 70.8 Å². The number of nitrogens with zero attached hydrogens (tertiary/aromatic N) is 4. The van der Waals surface area contributed by atoms with Crippen molar-refractivity contribution in [2.75, 3.05) is 18.0 Å². The van der Waals surface area contributed by atoms with Gasteiger partial charge in [0.1, 0.15) is 0 Å². The van der Waals surface area contributed by atoms with Gasteiger partial charge in [0.2, 0.25) is 5.89 Å². The highest BCUT2D eigenvalue weighted by atomic mass is 16.4. The first-order valence-corrected chi connectivity index (χ1v) is 8.45. The second kappa shape index (κ2) is 4.57. The summed E-state index contributed by atoms with van der Waals surface area (Å²) in [4.78, 5) is 2.29. The van der Waals surface area contributed by atoms with Crippen molar-refractivity contribution in [2.24, 2.45) is 0 Å². The number of hydrogen-bond donors (Lipinski definition) is 1. The Morgan fingerprint density at radius 1 is 1.23 bits per heavy atom. The fourth-order valence-electron chi connectivity index (χ4n) is 4.34. The Balaban J connectivity index is 1.41. The Labute approximate surface area is 129 Å². The van der Waals surface area contributed by atoms with Gasteiger partial charge in [0, 0.05) is 30.1 Å². The van der Waals surface area contributed by atoms with E-state index in [0.29, 0.717) is 11.9 Å². The van der Waals surface area contributed by atoms with E-state index in [4.69, 9.17) is 4.42 Å². The van der Waals surface area contributed by atoms with E-state index in [1.165, 1.54) is 49.8 Å². The Morgan fingerprint density at radius 3 is 3.05 bits per heavy atom. The number of aryl methyl sites for hydroxylation is 1. The standard InChI is InChI=1S/C16H21N5O/c1-3-11(4-1)14-19-20-15(22-14)21-8-2-6-16(10-21)7-5-12-9-17-18-13(12)16/h9,11H,1-8,10H2,(H,17,18). The van der Waals surface area contributed by atoms with Crippen LogP contribution in [0.15, 0.2) is 10.6 Å². The van der Waals surface area contributed by atoms with Crippen LogP contribution in [0.25, 0.3) is 0 Å². The van der Waals surface area contributed by atoms with Crippen LogP contribution in [-0.4, -0.2) is 33.5 Å². The molecule has 3 aliphatic rings. The first-order chi connectivity index (χ1) is 10.8. The molecule has 1 saturated carbocycles. The van der Waals surface area contributed by atoms with Crippen molar-refractivity contribution in [3.63, 3.8) is 0 Å². The second-order valence-corrected chi connectivity index (χ2v) is 7.13. The number of aromatic amines is 1. The van der Waals surface area contributed by atoms with Gasteiger partial charge in [-0.05, 0) is 44.1 Å². The van der Waals surface area contributed by atoms with Crippen LogP contribution in [0.3, 0.4) is 0 Å². The molecule has 1 saturated heterocycles. The van der Waals surface area contributed by atoms with Gasteiger partial charge in [-0.1, -0.05) is 11.5 Å². The molecule has 0 amide bonds. The van der Waals surface area contributed by atoms with Crippen molar-refractivity contribution in [3.05, 3.63) is 23.3 Å². The third-order valence-electron chi connectivity index (χ3n) is 5.85. The Kier molecular flexibility index (Phi) is 2.63. The number of piperidine rings is 1. The van der Waals surface area contributed by atoms with E-state index in [-0.39, 0.29) is 5.41 Å². The van der Waals surface area contributed by atoms with Crippen LogP contribution in [0.4, 0.5) is 6.01 Å². The molecule has 22 heavy (non-hydrogen) atoms. The number of rotatable bonds is 2. The van der Waals surface area contributed by atoms with E-state index in [9.17, 15) is 0 Å². The van der Waals surface area contributed by atoms with E-state index < -0.39 is 0 Å². The molecule has 0 aromatic carbocycles. The molecule has 2 fully saturated rings. The summed E-state index contributed by atoms with van der Waals surface area (Å²) in [7, 11) is 0. The minimum atomic E-state index is 0.204. The van der Waals surface area contributed by atoms with Crippen LogP contribution < -0.4 is 4.90 Å². The predicted octanol–water partition coefficient (Wildman–Crippen LogP) is 2.54. The van der Waals surface area contributed by atoms with Crippen molar-refractivity contribution in [3.8, 4) is 0 Å². The molecular formula is C16H21N5O. The van der Waals surface area contributed by atoms with E-state index in [0.717, 1.165) is 25.4 Å². The molecule has 1 atom stereocenters. The molecule has 116 valence electrons. The highest BCUT2D eigenvalue weighted by Crippen LogP contribution is 2.45. The Morgan fingerprint density at radius 2 is 2.18 bits per heavy atom. The van der Waals surface area contributed by atoms with Crippen LogP contribution in [0.5, 0.6) is 0 Å². The number of nitrogens with one attached hydrogen (secondary N) is 1. The molecule has 1 unspecified atom stereocenters. The predicted molar refractivity (Wildman–Crippen MR) is 80.9 cm³/mol. The smallest absolute Gasteiger partial charge is 0.318 e. The van der Waals surface area contributed by atoms with Gasteiger partial charge in [0.25, 0.3) is 0 Å². The first-order valence-electron chi connectivity index (χ1n) is 8.45. The van der Waals surface area contributed by atoms with Crippen molar-refractivity contribution < 1.29 is 4.42 Å². The molecule has 1 spiro atoms. The number of hydrogen-bond acceptors (Lipinski definition) is 5. The van der Waals surface area contributed by atoms with Gasteiger partial charge in [-0.15, -0.1) is 5.10 Å². The van der Waals surface area contributed by atoms with Crippen LogP contribution in [0.2, 0.25) is 0 Å². The van der Waals surface area contributed by atoms with E-state index in [2.05, 4.69) is 25.3 Å². The average Bonchev–Trinajstić information content (AvgIpc) is 3.17. The molecule has 1 N–H and O–H groups in total. The Hall–Kier alpha value is -1.85. The van der Waals surface area contributed by atoms with Gasteiger partial charge in [0.05, 0.1) is 6.20 Å². The van der Waals surface area contributed by atoms with Crippen molar-refractivity contribution in [1.29, 1.82) is 0 Å². The van der Waals surface area contributed by atoms with Gasteiger partial charge in [-0.2, -0.15) is 5.10 Å². The summed E-state index contributed by atoms with van der Waals surface area (Å²) < 4.78 is 5.98. The molecule has 1 aliphatic heterocycles. The maximum absolute atomic E-state index is 5.98. The summed E-state index contributed by atoms with van der Waals surface area (Å²) in [5.74, 6) is 1.35. The number of aromatic nitrogens is 4. The van der Waals surface area contributed by atoms with Crippen molar-refractivity contribution in [1.82, 2.24) is 20.4 Å². The summed E-state index contributed by atoms with van der Waals surface area (Å²) in [6, 6.07) is 0.717.